The second-order valence-electron chi connectivity index (χ2n) is 5.34. The summed E-state index contributed by atoms with van der Waals surface area (Å²) in [5, 5.41) is 6.03. The third-order valence-electron chi connectivity index (χ3n) is 3.94. The molecule has 1 aliphatic heterocycles. The minimum Gasteiger partial charge on any atom is -0.367 e. The van der Waals surface area contributed by atoms with Crippen molar-refractivity contribution in [2.45, 2.75) is 13.3 Å². The van der Waals surface area contributed by atoms with Crippen LogP contribution in [0.5, 0.6) is 0 Å². The maximum Gasteiger partial charge on any atom is 0.225 e. The monoisotopic (exact) mass is 398 g/mol. The second-order valence-corrected chi connectivity index (χ2v) is 5.34. The van der Waals surface area contributed by atoms with Crippen molar-refractivity contribution in [1.82, 2.24) is 10.2 Å². The number of anilines is 2. The molecule has 2 rings (SSSR count). The van der Waals surface area contributed by atoms with Gasteiger partial charge in [0.1, 0.15) is 0 Å². The summed E-state index contributed by atoms with van der Waals surface area (Å²) in [6.07, 6.45) is 0.494. The number of halogens is 3. The lowest BCUT2D eigenvalue weighted by Crippen LogP contribution is -2.46. The molecule has 0 unspecified atom stereocenters. The van der Waals surface area contributed by atoms with Crippen molar-refractivity contribution in [2.24, 2.45) is 0 Å². The van der Waals surface area contributed by atoms with E-state index in [-0.39, 0.29) is 43.1 Å². The van der Waals surface area contributed by atoms with Gasteiger partial charge in [0.15, 0.2) is 0 Å². The topological polar surface area (TPSA) is 47.6 Å². The minimum atomic E-state index is 0. The summed E-state index contributed by atoms with van der Waals surface area (Å²) in [7, 11) is 1.86. The lowest BCUT2D eigenvalue weighted by molar-refractivity contribution is -0.116. The molecule has 1 aromatic rings. The largest absolute Gasteiger partial charge is 0.367 e. The van der Waals surface area contributed by atoms with Crippen molar-refractivity contribution in [3.8, 4) is 0 Å². The molecule has 0 radical (unpaired) electrons. The molecule has 0 aromatic heterocycles. The van der Waals surface area contributed by atoms with Crippen LogP contribution in [-0.4, -0.2) is 57.1 Å². The molecule has 1 heterocycles. The Hall–Kier alpha value is -0.720. The summed E-state index contributed by atoms with van der Waals surface area (Å²) in [6, 6.07) is 8.08. The van der Waals surface area contributed by atoms with Gasteiger partial charge in [0, 0.05) is 39.1 Å². The van der Waals surface area contributed by atoms with Gasteiger partial charge < -0.3 is 20.4 Å². The SMILES string of the molecule is CCN1CCN(c2ccccc2NC(=O)CCNC)CC1.Cl.Cl.Cl. The van der Waals surface area contributed by atoms with E-state index in [1.165, 1.54) is 0 Å². The number of nitrogens with zero attached hydrogens (tertiary/aromatic N) is 2. The molecular weight excluding hydrogens is 371 g/mol. The molecule has 1 aliphatic rings. The summed E-state index contributed by atoms with van der Waals surface area (Å²) in [5.74, 6) is 0.0593. The number of amides is 1. The van der Waals surface area contributed by atoms with E-state index in [9.17, 15) is 4.79 Å². The van der Waals surface area contributed by atoms with Crippen LogP contribution in [0.25, 0.3) is 0 Å². The number of likely N-dealkylation sites (N-methyl/N-ethyl adjacent to an activating group) is 1. The van der Waals surface area contributed by atoms with Gasteiger partial charge in [0.2, 0.25) is 5.91 Å². The summed E-state index contributed by atoms with van der Waals surface area (Å²) < 4.78 is 0. The molecule has 0 aliphatic carbocycles. The highest BCUT2D eigenvalue weighted by atomic mass is 35.5. The number of piperazine rings is 1. The molecule has 1 aromatic carbocycles. The van der Waals surface area contributed by atoms with Crippen LogP contribution in [0.2, 0.25) is 0 Å². The summed E-state index contributed by atoms with van der Waals surface area (Å²) >= 11 is 0. The average molecular weight is 400 g/mol. The van der Waals surface area contributed by atoms with Gasteiger partial charge in [0.25, 0.3) is 0 Å². The zero-order valence-corrected chi connectivity index (χ0v) is 16.7. The van der Waals surface area contributed by atoms with Gasteiger partial charge >= 0.3 is 0 Å². The highest BCUT2D eigenvalue weighted by molar-refractivity contribution is 5.94. The number of nitrogens with one attached hydrogen (secondary N) is 2. The predicted octanol–water partition coefficient (Wildman–Crippen LogP) is 2.64. The molecule has 2 N–H and O–H groups in total. The predicted molar refractivity (Wildman–Crippen MR) is 110 cm³/mol. The lowest BCUT2D eigenvalue weighted by Gasteiger charge is -2.36. The van der Waals surface area contributed by atoms with E-state index in [0.717, 1.165) is 44.1 Å². The van der Waals surface area contributed by atoms with Gasteiger partial charge in [0.05, 0.1) is 11.4 Å². The van der Waals surface area contributed by atoms with Crippen molar-refractivity contribution < 1.29 is 4.79 Å². The fourth-order valence-corrected chi connectivity index (χ4v) is 2.61. The Morgan fingerprint density at radius 3 is 2.29 bits per heavy atom. The normalized spacial score (nSPS) is 14.0. The zero-order valence-electron chi connectivity index (χ0n) is 14.3. The van der Waals surface area contributed by atoms with Gasteiger partial charge in [-0.05, 0) is 25.7 Å². The Balaban J connectivity index is 0. The molecule has 24 heavy (non-hydrogen) atoms. The van der Waals surface area contributed by atoms with Crippen LogP contribution in [0, 0.1) is 0 Å². The summed E-state index contributed by atoms with van der Waals surface area (Å²) in [5.41, 5.74) is 2.05. The minimum absolute atomic E-state index is 0. The molecule has 140 valence electrons. The van der Waals surface area contributed by atoms with Crippen molar-refractivity contribution in [3.63, 3.8) is 0 Å². The van der Waals surface area contributed by atoms with Crippen molar-refractivity contribution in [2.75, 3.05) is 56.5 Å². The quantitative estimate of drug-likeness (QED) is 0.772. The Labute approximate surface area is 163 Å². The molecule has 5 nitrogen and oxygen atoms in total. The fourth-order valence-electron chi connectivity index (χ4n) is 2.61. The molecule has 1 fully saturated rings. The Morgan fingerprint density at radius 1 is 1.08 bits per heavy atom. The number of para-hydroxylation sites is 2. The average Bonchev–Trinajstić information content (AvgIpc) is 2.53. The van der Waals surface area contributed by atoms with E-state index >= 15 is 0 Å². The fraction of sp³-hybridized carbons (Fsp3) is 0.562. The van der Waals surface area contributed by atoms with E-state index in [1.807, 2.05) is 25.2 Å². The zero-order chi connectivity index (χ0) is 15.1. The highest BCUT2D eigenvalue weighted by Gasteiger charge is 2.18. The Kier molecular flexibility index (Phi) is 14.4. The summed E-state index contributed by atoms with van der Waals surface area (Å²) in [6.45, 7) is 8.19. The molecule has 0 spiro atoms. The second kappa shape index (κ2) is 13.6. The van der Waals surface area contributed by atoms with E-state index in [1.54, 1.807) is 0 Å². The summed E-state index contributed by atoms with van der Waals surface area (Å²) in [4.78, 5) is 16.7. The van der Waals surface area contributed by atoms with Crippen LogP contribution < -0.4 is 15.5 Å². The van der Waals surface area contributed by atoms with E-state index in [4.69, 9.17) is 0 Å². The van der Waals surface area contributed by atoms with E-state index in [2.05, 4.69) is 33.4 Å². The number of benzene rings is 1. The Morgan fingerprint density at radius 2 is 1.71 bits per heavy atom. The standard InChI is InChI=1S/C16H26N4O.3ClH/c1-3-19-10-12-20(13-11-19)15-7-5-4-6-14(15)18-16(21)8-9-17-2;;;/h4-7,17H,3,8-13H2,1-2H3,(H,18,21);3*1H. The first-order valence-electron chi connectivity index (χ1n) is 7.75. The van der Waals surface area contributed by atoms with Crippen LogP contribution in [0.1, 0.15) is 13.3 Å². The molecule has 8 heteroatoms. The van der Waals surface area contributed by atoms with E-state index < -0.39 is 0 Å². The van der Waals surface area contributed by atoms with Crippen LogP contribution in [0.3, 0.4) is 0 Å². The van der Waals surface area contributed by atoms with E-state index in [0.29, 0.717) is 13.0 Å². The number of carbonyl (C=O) groups excluding carboxylic acids is 1. The smallest absolute Gasteiger partial charge is 0.225 e. The first kappa shape index (κ1) is 25.5. The van der Waals surface area contributed by atoms with Crippen LogP contribution >= 0.6 is 37.2 Å². The maximum absolute atomic E-state index is 11.9. The van der Waals surface area contributed by atoms with Gasteiger partial charge in [-0.1, -0.05) is 19.1 Å². The number of hydrogen-bond acceptors (Lipinski definition) is 4. The highest BCUT2D eigenvalue weighted by Crippen LogP contribution is 2.26. The van der Waals surface area contributed by atoms with Crippen molar-refractivity contribution >= 4 is 54.5 Å². The molecule has 1 amide bonds. The first-order valence-corrected chi connectivity index (χ1v) is 7.75. The third kappa shape index (κ3) is 7.45. The molecule has 0 atom stereocenters. The van der Waals surface area contributed by atoms with Gasteiger partial charge in [-0.2, -0.15) is 0 Å². The van der Waals surface area contributed by atoms with Gasteiger partial charge in [-0.3, -0.25) is 4.79 Å². The van der Waals surface area contributed by atoms with Crippen LogP contribution in [-0.2, 0) is 4.79 Å². The number of carbonyl (C=O) groups is 1. The van der Waals surface area contributed by atoms with Gasteiger partial charge in [-0.25, -0.2) is 0 Å². The Bertz CT molecular complexity index is 468. The third-order valence-corrected chi connectivity index (χ3v) is 3.94. The van der Waals surface area contributed by atoms with Crippen molar-refractivity contribution in [3.05, 3.63) is 24.3 Å². The van der Waals surface area contributed by atoms with Crippen LogP contribution in [0.4, 0.5) is 11.4 Å². The van der Waals surface area contributed by atoms with Crippen molar-refractivity contribution in [1.29, 1.82) is 0 Å². The molecule has 1 saturated heterocycles. The molecule has 0 saturated carbocycles. The first-order chi connectivity index (χ1) is 10.2. The van der Waals surface area contributed by atoms with Gasteiger partial charge in [-0.15, -0.1) is 37.2 Å². The number of rotatable bonds is 6. The number of hydrogen-bond donors (Lipinski definition) is 2. The maximum atomic E-state index is 11.9. The lowest BCUT2D eigenvalue weighted by atomic mass is 10.2. The van der Waals surface area contributed by atoms with Crippen LogP contribution in [0.15, 0.2) is 24.3 Å². The molecule has 0 bridgehead atoms. The molecular formula is C16H29Cl3N4O.